The molecule has 1 aliphatic carbocycles. The fourth-order valence-electron chi connectivity index (χ4n) is 7.09. The van der Waals surface area contributed by atoms with Crippen molar-refractivity contribution in [2.75, 3.05) is 0 Å². The number of furan rings is 1. The first kappa shape index (κ1) is 26.5. The fourth-order valence-corrected chi connectivity index (χ4v) is 7.09. The molecule has 0 saturated carbocycles. The second kappa shape index (κ2) is 10.1. The molecule has 46 heavy (non-hydrogen) atoms. The Balaban J connectivity index is 1.27. The van der Waals surface area contributed by atoms with Crippen molar-refractivity contribution in [2.45, 2.75) is 19.3 Å². The lowest BCUT2D eigenvalue weighted by Gasteiger charge is -2.21. The Morgan fingerprint density at radius 2 is 1.02 bits per heavy atom. The molecule has 0 unspecified atom stereocenters. The molecule has 0 atom stereocenters. The van der Waals surface area contributed by atoms with Gasteiger partial charge < -0.3 is 4.42 Å². The SMILES string of the molecule is CC1(C)c2ccccc2-c2ccc3c(oc4c(-c5nc(-c6ccccc6)nc(-c6cccc(-c7ccccc7)c6)n5)cccc43)c21. The predicted molar refractivity (Wildman–Crippen MR) is 186 cm³/mol. The van der Waals surface area contributed by atoms with Crippen molar-refractivity contribution < 1.29 is 4.42 Å². The lowest BCUT2D eigenvalue weighted by Crippen LogP contribution is -2.15. The van der Waals surface area contributed by atoms with E-state index in [0.29, 0.717) is 17.5 Å². The van der Waals surface area contributed by atoms with Crippen LogP contribution in [-0.4, -0.2) is 15.0 Å². The van der Waals surface area contributed by atoms with Crippen LogP contribution in [-0.2, 0) is 5.41 Å². The zero-order valence-corrected chi connectivity index (χ0v) is 25.5. The van der Waals surface area contributed by atoms with E-state index in [0.717, 1.165) is 49.8 Å². The maximum absolute atomic E-state index is 6.92. The van der Waals surface area contributed by atoms with Crippen molar-refractivity contribution in [3.05, 3.63) is 151 Å². The van der Waals surface area contributed by atoms with Gasteiger partial charge in [-0.2, -0.15) is 0 Å². The highest BCUT2D eigenvalue weighted by atomic mass is 16.3. The third kappa shape index (κ3) is 4.04. The minimum absolute atomic E-state index is 0.190. The third-order valence-electron chi connectivity index (χ3n) is 9.32. The van der Waals surface area contributed by atoms with Crippen molar-refractivity contribution >= 4 is 21.9 Å². The maximum atomic E-state index is 6.92. The maximum Gasteiger partial charge on any atom is 0.167 e. The molecule has 1 aliphatic rings. The van der Waals surface area contributed by atoms with E-state index < -0.39 is 0 Å². The topological polar surface area (TPSA) is 51.8 Å². The number of hydrogen-bond donors (Lipinski definition) is 0. The van der Waals surface area contributed by atoms with Crippen LogP contribution < -0.4 is 0 Å². The number of para-hydroxylation sites is 1. The third-order valence-corrected chi connectivity index (χ3v) is 9.32. The minimum atomic E-state index is -0.190. The van der Waals surface area contributed by atoms with Crippen LogP contribution >= 0.6 is 0 Å². The Morgan fingerprint density at radius 1 is 0.435 bits per heavy atom. The molecular formula is C42H29N3O. The molecule has 0 fully saturated rings. The molecule has 0 spiro atoms. The van der Waals surface area contributed by atoms with E-state index in [1.54, 1.807) is 0 Å². The second-order valence-electron chi connectivity index (χ2n) is 12.4. The average molecular weight is 592 g/mol. The van der Waals surface area contributed by atoms with Gasteiger partial charge in [0.05, 0.1) is 5.56 Å². The smallest absolute Gasteiger partial charge is 0.167 e. The van der Waals surface area contributed by atoms with Gasteiger partial charge in [0.15, 0.2) is 17.5 Å². The average Bonchev–Trinajstić information content (AvgIpc) is 3.61. The molecule has 9 rings (SSSR count). The molecule has 4 nitrogen and oxygen atoms in total. The summed E-state index contributed by atoms with van der Waals surface area (Å²) in [4.78, 5) is 15.2. The number of benzene rings is 6. The lowest BCUT2D eigenvalue weighted by molar-refractivity contribution is 0.620. The van der Waals surface area contributed by atoms with Gasteiger partial charge in [-0.3, -0.25) is 0 Å². The summed E-state index contributed by atoms with van der Waals surface area (Å²) in [6.45, 7) is 4.58. The normalized spacial score (nSPS) is 13.2. The van der Waals surface area contributed by atoms with E-state index in [2.05, 4.69) is 117 Å². The van der Waals surface area contributed by atoms with E-state index in [4.69, 9.17) is 19.4 Å². The van der Waals surface area contributed by atoms with Gasteiger partial charge in [-0.1, -0.05) is 135 Å². The van der Waals surface area contributed by atoms with E-state index in [1.165, 1.54) is 22.3 Å². The highest BCUT2D eigenvalue weighted by Gasteiger charge is 2.38. The minimum Gasteiger partial charge on any atom is -0.455 e. The standard InChI is InChI=1S/C42H29N3O/c1-42(2)35-22-10-9-19-30(35)31-23-24-33-32-20-12-21-34(37(32)46-38(33)36(31)42)41-44-39(27-15-7-4-8-16-27)43-40(45-41)29-18-11-17-28(25-29)26-13-5-3-6-14-26/h3-25H,1-2H3. The zero-order chi connectivity index (χ0) is 30.8. The van der Waals surface area contributed by atoms with Crippen molar-refractivity contribution in [2.24, 2.45) is 0 Å². The Hall–Kier alpha value is -5.87. The Kier molecular flexibility index (Phi) is 5.81. The van der Waals surface area contributed by atoms with Gasteiger partial charge in [0.2, 0.25) is 0 Å². The molecule has 8 aromatic rings. The molecular weight excluding hydrogens is 562 g/mol. The second-order valence-corrected chi connectivity index (χ2v) is 12.4. The van der Waals surface area contributed by atoms with E-state index in [9.17, 15) is 0 Å². The molecule has 2 heterocycles. The van der Waals surface area contributed by atoms with Crippen LogP contribution in [0.5, 0.6) is 0 Å². The quantitative estimate of drug-likeness (QED) is 0.204. The van der Waals surface area contributed by atoms with Crippen LogP contribution in [0, 0.1) is 0 Å². The van der Waals surface area contributed by atoms with Gasteiger partial charge in [0.25, 0.3) is 0 Å². The van der Waals surface area contributed by atoms with Crippen LogP contribution in [0.3, 0.4) is 0 Å². The summed E-state index contributed by atoms with van der Waals surface area (Å²) in [7, 11) is 0. The summed E-state index contributed by atoms with van der Waals surface area (Å²) in [5.41, 5.74) is 11.5. The van der Waals surface area contributed by atoms with Crippen molar-refractivity contribution in [3.8, 4) is 56.4 Å². The number of fused-ring (bicyclic) bond motifs is 7. The first-order valence-corrected chi connectivity index (χ1v) is 15.6. The number of rotatable bonds is 4. The van der Waals surface area contributed by atoms with Gasteiger partial charge in [-0.15, -0.1) is 0 Å². The van der Waals surface area contributed by atoms with Gasteiger partial charge in [-0.05, 0) is 46.0 Å². The summed E-state index contributed by atoms with van der Waals surface area (Å²) >= 11 is 0. The number of nitrogens with zero attached hydrogens (tertiary/aromatic N) is 3. The molecule has 0 N–H and O–H groups in total. The van der Waals surface area contributed by atoms with E-state index in [-0.39, 0.29) is 5.41 Å². The van der Waals surface area contributed by atoms with Crippen LogP contribution in [0.15, 0.2) is 144 Å². The highest BCUT2D eigenvalue weighted by Crippen LogP contribution is 2.52. The number of aromatic nitrogens is 3. The first-order valence-electron chi connectivity index (χ1n) is 15.6. The number of hydrogen-bond acceptors (Lipinski definition) is 4. The first-order chi connectivity index (χ1) is 22.6. The van der Waals surface area contributed by atoms with Crippen molar-refractivity contribution in [1.82, 2.24) is 15.0 Å². The molecule has 0 bridgehead atoms. The Bertz CT molecular complexity index is 2440. The van der Waals surface area contributed by atoms with Crippen molar-refractivity contribution in [3.63, 3.8) is 0 Å². The summed E-state index contributed by atoms with van der Waals surface area (Å²) < 4.78 is 6.92. The summed E-state index contributed by atoms with van der Waals surface area (Å²) in [6, 6.07) is 48.3. The summed E-state index contributed by atoms with van der Waals surface area (Å²) in [5, 5.41) is 2.15. The molecule has 0 radical (unpaired) electrons. The molecule has 0 saturated heterocycles. The predicted octanol–water partition coefficient (Wildman–Crippen LogP) is 10.7. The van der Waals surface area contributed by atoms with Crippen molar-refractivity contribution in [1.29, 1.82) is 0 Å². The van der Waals surface area contributed by atoms with E-state index >= 15 is 0 Å². The molecule has 2 aromatic heterocycles. The molecule has 218 valence electrons. The largest absolute Gasteiger partial charge is 0.455 e. The van der Waals surface area contributed by atoms with E-state index in [1.807, 2.05) is 36.4 Å². The Morgan fingerprint density at radius 3 is 1.83 bits per heavy atom. The fraction of sp³-hybridized carbons (Fsp3) is 0.0714. The molecule has 4 heteroatoms. The van der Waals surface area contributed by atoms with Gasteiger partial charge in [0.1, 0.15) is 11.2 Å². The van der Waals surface area contributed by atoms with Gasteiger partial charge in [-0.25, -0.2) is 15.0 Å². The van der Waals surface area contributed by atoms with Gasteiger partial charge >= 0.3 is 0 Å². The molecule has 6 aromatic carbocycles. The summed E-state index contributed by atoms with van der Waals surface area (Å²) in [5.74, 6) is 1.82. The Labute approximate surface area is 267 Å². The highest BCUT2D eigenvalue weighted by molar-refractivity contribution is 6.12. The van der Waals surface area contributed by atoms with Crippen LogP contribution in [0.25, 0.3) is 78.4 Å². The molecule has 0 aliphatic heterocycles. The monoisotopic (exact) mass is 591 g/mol. The lowest BCUT2D eigenvalue weighted by atomic mass is 9.82. The van der Waals surface area contributed by atoms with Crippen LogP contribution in [0.4, 0.5) is 0 Å². The van der Waals surface area contributed by atoms with Gasteiger partial charge in [0, 0.05) is 32.9 Å². The molecule has 0 amide bonds. The van der Waals surface area contributed by atoms with Crippen LogP contribution in [0.1, 0.15) is 25.0 Å². The summed E-state index contributed by atoms with van der Waals surface area (Å²) in [6.07, 6.45) is 0. The zero-order valence-electron chi connectivity index (χ0n) is 25.5. The van der Waals surface area contributed by atoms with Crippen LogP contribution in [0.2, 0.25) is 0 Å².